The quantitative estimate of drug-likeness (QED) is 0.129. The zero-order chi connectivity index (χ0) is 22.4. The van der Waals surface area contributed by atoms with Crippen LogP contribution in [0, 0.1) is 10.1 Å². The number of nitro groups is 1. The van der Waals surface area contributed by atoms with E-state index in [0.717, 1.165) is 0 Å². The Balaban J connectivity index is 2.09. The summed E-state index contributed by atoms with van der Waals surface area (Å²) in [5.41, 5.74) is 1.52. The first kappa shape index (κ1) is 21.9. The van der Waals surface area contributed by atoms with Crippen molar-refractivity contribution in [3.05, 3.63) is 94.3 Å². The Bertz CT molecular complexity index is 1150. The molecule has 0 radical (unpaired) electrons. The monoisotopic (exact) mass is 438 g/mol. The van der Waals surface area contributed by atoms with Crippen molar-refractivity contribution in [2.24, 2.45) is 0 Å². The van der Waals surface area contributed by atoms with E-state index in [1.807, 2.05) is 0 Å². The summed E-state index contributed by atoms with van der Waals surface area (Å²) in [4.78, 5) is 10.8. The molecule has 3 rings (SSSR count). The van der Waals surface area contributed by atoms with Crippen molar-refractivity contribution in [1.29, 1.82) is 0 Å². The summed E-state index contributed by atoms with van der Waals surface area (Å²) in [6.07, 6.45) is 3.27. The van der Waals surface area contributed by atoms with Crippen molar-refractivity contribution in [2.75, 3.05) is 12.4 Å². The molecule has 0 bridgehead atoms. The molecule has 0 atom stereocenters. The molecule has 31 heavy (non-hydrogen) atoms. The number of nitrogens with zero attached hydrogens (tertiary/aromatic N) is 2. The molecular formula is C22H20N3O5S+. The number of hydrogen-bond donors (Lipinski definition) is 3. The fraction of sp³-hybridized carbons (Fsp3) is 0.0909. The van der Waals surface area contributed by atoms with Gasteiger partial charge in [-0.25, -0.2) is 0 Å². The lowest BCUT2D eigenvalue weighted by molar-refractivity contribution is -0.576. The Morgan fingerprint density at radius 1 is 1.19 bits per heavy atom. The van der Waals surface area contributed by atoms with Crippen molar-refractivity contribution in [3.63, 3.8) is 0 Å². The summed E-state index contributed by atoms with van der Waals surface area (Å²) >= 11 is 5.56. The first-order valence-electron chi connectivity index (χ1n) is 9.18. The minimum atomic E-state index is -0.538. The van der Waals surface area contributed by atoms with Gasteiger partial charge >= 0.3 is 0 Å². The molecule has 0 fully saturated rings. The smallest absolute Gasteiger partial charge is 0.288 e. The van der Waals surface area contributed by atoms with Crippen molar-refractivity contribution < 1.29 is 24.4 Å². The maximum Gasteiger partial charge on any atom is 0.288 e. The molecule has 0 aliphatic carbocycles. The lowest BCUT2D eigenvalue weighted by Crippen LogP contribution is -2.39. The molecule has 0 unspecified atom stereocenters. The molecule has 158 valence electrons. The molecule has 1 heterocycles. The van der Waals surface area contributed by atoms with Crippen molar-refractivity contribution >= 4 is 40.0 Å². The third-order valence-corrected chi connectivity index (χ3v) is 4.72. The third-order valence-electron chi connectivity index (χ3n) is 4.42. The number of hydrogen-bond acceptors (Lipinski definition) is 6. The zero-order valence-corrected chi connectivity index (χ0v) is 17.4. The van der Waals surface area contributed by atoms with E-state index in [0.29, 0.717) is 17.0 Å². The number of ether oxygens (including phenoxy) is 1. The molecule has 2 aromatic carbocycles. The lowest BCUT2D eigenvalue weighted by atomic mass is 10.1. The number of non-ortho nitro benzene ring substituents is 1. The van der Waals surface area contributed by atoms with E-state index in [2.05, 4.69) is 5.32 Å². The van der Waals surface area contributed by atoms with Crippen LogP contribution in [-0.2, 0) is 6.61 Å². The van der Waals surface area contributed by atoms with E-state index in [1.54, 1.807) is 66.5 Å². The number of benzene rings is 2. The van der Waals surface area contributed by atoms with Gasteiger partial charge in [0.15, 0.2) is 23.1 Å². The van der Waals surface area contributed by atoms with Gasteiger partial charge in [0, 0.05) is 35.0 Å². The Labute approximate surface area is 183 Å². The van der Waals surface area contributed by atoms with E-state index < -0.39 is 4.92 Å². The van der Waals surface area contributed by atoms with Gasteiger partial charge in [-0.2, -0.15) is 4.57 Å². The fourth-order valence-electron chi connectivity index (χ4n) is 2.87. The first-order chi connectivity index (χ1) is 14.9. The standard InChI is InChI=1S/C22H19N3O5S/c1-30-19-9-7-17(8-10-19)23-22(31)20(24-11-3-4-15(13-24)14-26)21(27)16-5-2-6-18(12-16)25(28)29/h2-13,26H,14H2,1H3,(H-,23,27,31)/p+1. The van der Waals surface area contributed by atoms with E-state index >= 15 is 0 Å². The minimum Gasteiger partial charge on any atom is -0.502 e. The first-order valence-corrected chi connectivity index (χ1v) is 9.58. The maximum absolute atomic E-state index is 11.2. The Morgan fingerprint density at radius 2 is 1.94 bits per heavy atom. The number of pyridine rings is 1. The molecule has 0 amide bonds. The summed E-state index contributed by atoms with van der Waals surface area (Å²) in [5, 5.41) is 34.8. The van der Waals surface area contributed by atoms with Crippen LogP contribution in [0.2, 0.25) is 0 Å². The molecule has 0 aliphatic rings. The van der Waals surface area contributed by atoms with Crippen LogP contribution >= 0.6 is 12.2 Å². The number of aliphatic hydroxyl groups is 2. The Hall–Kier alpha value is -3.82. The van der Waals surface area contributed by atoms with Crippen LogP contribution in [-0.4, -0.2) is 27.2 Å². The molecule has 0 aliphatic heterocycles. The van der Waals surface area contributed by atoms with Gasteiger partial charge in [-0.1, -0.05) is 24.4 Å². The largest absolute Gasteiger partial charge is 0.502 e. The molecule has 1 aromatic heterocycles. The van der Waals surface area contributed by atoms with E-state index in [1.165, 1.54) is 18.2 Å². The maximum atomic E-state index is 11.2. The van der Waals surface area contributed by atoms with Gasteiger partial charge in [0.1, 0.15) is 5.75 Å². The summed E-state index contributed by atoms with van der Waals surface area (Å²) in [7, 11) is 1.57. The average molecular weight is 438 g/mol. The molecule has 9 heteroatoms. The van der Waals surface area contributed by atoms with Crippen LogP contribution in [0.1, 0.15) is 11.1 Å². The van der Waals surface area contributed by atoms with E-state index in [4.69, 9.17) is 17.0 Å². The molecular weight excluding hydrogens is 418 g/mol. The highest BCUT2D eigenvalue weighted by atomic mass is 32.1. The summed E-state index contributed by atoms with van der Waals surface area (Å²) < 4.78 is 6.70. The van der Waals surface area contributed by atoms with Crippen molar-refractivity contribution in [2.45, 2.75) is 6.61 Å². The number of aliphatic hydroxyl groups excluding tert-OH is 2. The van der Waals surface area contributed by atoms with E-state index in [-0.39, 0.29) is 34.3 Å². The number of rotatable bonds is 7. The lowest BCUT2D eigenvalue weighted by Gasteiger charge is -2.11. The zero-order valence-electron chi connectivity index (χ0n) is 16.6. The van der Waals surface area contributed by atoms with Crippen LogP contribution in [0.25, 0.3) is 11.5 Å². The van der Waals surface area contributed by atoms with Gasteiger partial charge in [-0.3, -0.25) is 10.1 Å². The number of methoxy groups -OCH3 is 1. The molecule has 0 saturated carbocycles. The second-order valence-electron chi connectivity index (χ2n) is 6.46. The molecule has 3 aromatic rings. The van der Waals surface area contributed by atoms with Crippen LogP contribution in [0.3, 0.4) is 0 Å². The third kappa shape index (κ3) is 5.21. The average Bonchev–Trinajstić information content (AvgIpc) is 2.80. The van der Waals surface area contributed by atoms with Gasteiger partial charge in [-0.05, 0) is 30.3 Å². The summed E-state index contributed by atoms with van der Waals surface area (Å²) in [5.74, 6) is 0.423. The van der Waals surface area contributed by atoms with Crippen LogP contribution in [0.15, 0.2) is 73.1 Å². The van der Waals surface area contributed by atoms with Crippen LogP contribution in [0.4, 0.5) is 11.4 Å². The number of nitro benzene ring substituents is 1. The highest BCUT2D eigenvalue weighted by molar-refractivity contribution is 7.81. The Morgan fingerprint density at radius 3 is 2.58 bits per heavy atom. The van der Waals surface area contributed by atoms with Gasteiger partial charge in [0.05, 0.1) is 18.6 Å². The second kappa shape index (κ2) is 9.79. The second-order valence-corrected chi connectivity index (χ2v) is 6.87. The Kier molecular flexibility index (Phi) is 6.91. The molecule has 8 nitrogen and oxygen atoms in total. The van der Waals surface area contributed by atoms with Crippen LogP contribution in [0.5, 0.6) is 5.75 Å². The van der Waals surface area contributed by atoms with Gasteiger partial charge in [0.2, 0.25) is 0 Å². The fourth-order valence-corrected chi connectivity index (χ4v) is 3.19. The summed E-state index contributed by atoms with van der Waals surface area (Å²) in [6.45, 7) is -0.204. The molecule has 0 saturated heterocycles. The summed E-state index contributed by atoms with van der Waals surface area (Å²) in [6, 6.07) is 16.1. The van der Waals surface area contributed by atoms with Gasteiger partial charge in [-0.15, -0.1) is 0 Å². The predicted octanol–water partition coefficient (Wildman–Crippen LogP) is 3.71. The normalized spacial score (nSPS) is 11.4. The number of nitrogens with one attached hydrogen (secondary N) is 1. The number of thiocarbonyl (C=S) groups is 1. The minimum absolute atomic E-state index is 0.161. The topological polar surface area (TPSA) is 109 Å². The number of anilines is 1. The van der Waals surface area contributed by atoms with E-state index in [9.17, 15) is 20.3 Å². The van der Waals surface area contributed by atoms with Crippen molar-refractivity contribution in [1.82, 2.24) is 0 Å². The van der Waals surface area contributed by atoms with Gasteiger partial charge < -0.3 is 20.3 Å². The molecule has 3 N–H and O–H groups in total. The number of aromatic nitrogens is 1. The predicted molar refractivity (Wildman–Crippen MR) is 121 cm³/mol. The highest BCUT2D eigenvalue weighted by Crippen LogP contribution is 2.23. The SMILES string of the molecule is COc1ccc(NC(=S)/C(=C(\O)c2cccc([N+](=O)[O-])c2)[n+]2cccc(CO)c2)cc1. The van der Waals surface area contributed by atoms with Crippen molar-refractivity contribution in [3.8, 4) is 5.75 Å². The van der Waals surface area contributed by atoms with Crippen LogP contribution < -0.4 is 14.6 Å². The van der Waals surface area contributed by atoms with Gasteiger partial charge in [0.25, 0.3) is 11.4 Å². The highest BCUT2D eigenvalue weighted by Gasteiger charge is 2.25. The molecule has 0 spiro atoms.